The Morgan fingerprint density at radius 3 is 2.63 bits per heavy atom. The molecule has 1 spiro atoms. The number of carbonyl (C=O) groups is 2. The van der Waals surface area contributed by atoms with Crippen LogP contribution in [0, 0.1) is 11.3 Å². The number of benzene rings is 2. The van der Waals surface area contributed by atoms with Crippen molar-refractivity contribution in [2.24, 2.45) is 11.3 Å². The van der Waals surface area contributed by atoms with Gasteiger partial charge in [0.05, 0.1) is 30.4 Å². The molecule has 204 valence electrons. The maximum atomic E-state index is 13.0. The Balaban J connectivity index is 1.55. The van der Waals surface area contributed by atoms with E-state index in [0.717, 1.165) is 55.1 Å². The number of carbonyl (C=O) groups excluding carboxylic acids is 2. The van der Waals surface area contributed by atoms with Gasteiger partial charge in [0.2, 0.25) is 0 Å². The van der Waals surface area contributed by atoms with Crippen molar-refractivity contribution in [1.29, 1.82) is 0 Å². The van der Waals surface area contributed by atoms with E-state index in [4.69, 9.17) is 25.8 Å². The van der Waals surface area contributed by atoms with Crippen LogP contribution in [0.4, 0.5) is 5.69 Å². The first-order valence-corrected chi connectivity index (χ1v) is 13.9. The Morgan fingerprint density at radius 1 is 1.16 bits per heavy atom. The minimum absolute atomic E-state index is 0.136. The molecule has 3 atom stereocenters. The summed E-state index contributed by atoms with van der Waals surface area (Å²) in [5, 5.41) is 0.751. The molecule has 3 aliphatic rings. The summed E-state index contributed by atoms with van der Waals surface area (Å²) in [4.78, 5) is 28.0. The minimum Gasteiger partial charge on any atom is -0.490 e. The molecule has 0 bridgehead atoms. The summed E-state index contributed by atoms with van der Waals surface area (Å²) in [5.41, 5.74) is 2.57. The van der Waals surface area contributed by atoms with Gasteiger partial charge in [0.1, 0.15) is 11.4 Å². The highest BCUT2D eigenvalue weighted by molar-refractivity contribution is 6.30. The first kappa shape index (κ1) is 26.9. The Labute approximate surface area is 230 Å². The summed E-state index contributed by atoms with van der Waals surface area (Å²) in [6, 6.07) is 11.8. The highest BCUT2D eigenvalue weighted by Crippen LogP contribution is 2.50. The topological polar surface area (TPSA) is 65.1 Å². The summed E-state index contributed by atoms with van der Waals surface area (Å²) in [6.07, 6.45) is 4.79. The van der Waals surface area contributed by atoms with E-state index in [1.807, 2.05) is 45.9 Å². The molecule has 38 heavy (non-hydrogen) atoms. The zero-order valence-corrected chi connectivity index (χ0v) is 23.8. The number of ether oxygens (including phenoxy) is 3. The monoisotopic (exact) mass is 539 g/mol. The lowest BCUT2D eigenvalue weighted by atomic mass is 9.61. The van der Waals surface area contributed by atoms with Crippen LogP contribution in [0.15, 0.2) is 36.4 Å². The SMILES string of the molecule is COC(=O)[C@]1(C)CC[C@@H]1CN1CC2(CCCc3cc(Cl)ccc32)COc2ccc(C(=O)OC(C)(C)C)cc21. The average Bonchev–Trinajstić information content (AvgIpc) is 3.01. The van der Waals surface area contributed by atoms with E-state index in [9.17, 15) is 9.59 Å². The number of aryl methyl sites for hydroxylation is 1. The fraction of sp³-hybridized carbons (Fsp3) is 0.548. The second-order valence-electron chi connectivity index (χ2n) is 12.4. The van der Waals surface area contributed by atoms with Crippen LogP contribution in [0.25, 0.3) is 0 Å². The number of hydrogen-bond acceptors (Lipinski definition) is 6. The lowest BCUT2D eigenvalue weighted by molar-refractivity contribution is -0.162. The molecule has 6 nitrogen and oxygen atoms in total. The number of hydrogen-bond donors (Lipinski definition) is 0. The van der Waals surface area contributed by atoms with Crippen molar-refractivity contribution in [3.8, 4) is 5.75 Å². The second-order valence-corrected chi connectivity index (χ2v) is 12.9. The summed E-state index contributed by atoms with van der Waals surface area (Å²) >= 11 is 6.37. The molecule has 2 aliphatic carbocycles. The first-order chi connectivity index (χ1) is 17.9. The van der Waals surface area contributed by atoms with Crippen molar-refractivity contribution in [3.63, 3.8) is 0 Å². The van der Waals surface area contributed by atoms with E-state index < -0.39 is 11.0 Å². The van der Waals surface area contributed by atoms with Crippen LogP contribution in [0.3, 0.4) is 0 Å². The van der Waals surface area contributed by atoms with Gasteiger partial charge in [-0.2, -0.15) is 0 Å². The number of methoxy groups -OCH3 is 1. The summed E-state index contributed by atoms with van der Waals surface area (Å²) in [5.74, 6) is 0.362. The van der Waals surface area contributed by atoms with Crippen LogP contribution in [0.2, 0.25) is 5.02 Å². The molecule has 2 aromatic carbocycles. The highest BCUT2D eigenvalue weighted by atomic mass is 35.5. The number of anilines is 1. The fourth-order valence-electron chi connectivity index (χ4n) is 6.42. The van der Waals surface area contributed by atoms with Crippen molar-refractivity contribution in [1.82, 2.24) is 0 Å². The Bertz CT molecular complexity index is 1250. The van der Waals surface area contributed by atoms with E-state index in [2.05, 4.69) is 17.0 Å². The Kier molecular flexibility index (Phi) is 6.91. The van der Waals surface area contributed by atoms with E-state index in [0.29, 0.717) is 18.7 Å². The maximum Gasteiger partial charge on any atom is 0.338 e. The van der Waals surface area contributed by atoms with Gasteiger partial charge in [0.25, 0.3) is 0 Å². The molecule has 0 amide bonds. The maximum absolute atomic E-state index is 13.0. The molecule has 0 radical (unpaired) electrons. The van der Waals surface area contributed by atoms with E-state index >= 15 is 0 Å². The molecule has 7 heteroatoms. The summed E-state index contributed by atoms with van der Waals surface area (Å²) in [7, 11) is 1.46. The van der Waals surface area contributed by atoms with Gasteiger partial charge in [-0.15, -0.1) is 0 Å². The van der Waals surface area contributed by atoms with Crippen molar-refractivity contribution < 1.29 is 23.8 Å². The van der Waals surface area contributed by atoms with Gasteiger partial charge in [-0.05, 0) is 107 Å². The quantitative estimate of drug-likeness (QED) is 0.421. The van der Waals surface area contributed by atoms with Crippen LogP contribution < -0.4 is 9.64 Å². The third-order valence-corrected chi connectivity index (χ3v) is 8.91. The molecule has 1 saturated carbocycles. The van der Waals surface area contributed by atoms with E-state index in [1.165, 1.54) is 18.2 Å². The molecular weight excluding hydrogens is 502 g/mol. The predicted octanol–water partition coefficient (Wildman–Crippen LogP) is 6.36. The fourth-order valence-corrected chi connectivity index (χ4v) is 6.61. The van der Waals surface area contributed by atoms with Gasteiger partial charge in [0, 0.05) is 23.5 Å². The number of fused-ring (bicyclic) bond motifs is 3. The first-order valence-electron chi connectivity index (χ1n) is 13.6. The zero-order chi connectivity index (χ0) is 27.3. The second kappa shape index (κ2) is 9.78. The molecule has 5 rings (SSSR count). The number of halogens is 1. The molecule has 0 aromatic heterocycles. The standard InChI is InChI=1S/C31H38ClNO5/c1-29(2,3)38-27(34)21-8-11-26-25(16-21)33(17-22-12-14-30(22,4)28(35)36-5)18-31(19-37-26)13-6-7-20-15-23(32)9-10-24(20)31/h8-11,15-16,22H,6-7,12-14,17-19H2,1-5H3/t22-,30-,31?/m1/s1. The van der Waals surface area contributed by atoms with Gasteiger partial charge < -0.3 is 19.1 Å². The smallest absolute Gasteiger partial charge is 0.338 e. The van der Waals surface area contributed by atoms with Gasteiger partial charge in [-0.25, -0.2) is 4.79 Å². The molecule has 2 aromatic rings. The molecule has 1 aliphatic heterocycles. The normalized spacial score (nSPS) is 26.4. The number of rotatable bonds is 4. The predicted molar refractivity (Wildman–Crippen MR) is 148 cm³/mol. The molecule has 1 unspecified atom stereocenters. The lowest BCUT2D eigenvalue weighted by Crippen LogP contribution is -2.53. The van der Waals surface area contributed by atoms with E-state index in [-0.39, 0.29) is 23.3 Å². The third-order valence-electron chi connectivity index (χ3n) is 8.68. The summed E-state index contributed by atoms with van der Waals surface area (Å²) < 4.78 is 17.4. The van der Waals surface area contributed by atoms with Crippen LogP contribution in [-0.2, 0) is 26.1 Å². The van der Waals surface area contributed by atoms with Crippen molar-refractivity contribution in [2.45, 2.75) is 70.8 Å². The highest BCUT2D eigenvalue weighted by Gasteiger charge is 2.51. The number of nitrogens with zero attached hydrogens (tertiary/aromatic N) is 1. The van der Waals surface area contributed by atoms with E-state index in [1.54, 1.807) is 6.07 Å². The molecular formula is C31H38ClNO5. The van der Waals surface area contributed by atoms with Crippen LogP contribution in [0.1, 0.15) is 74.9 Å². The Morgan fingerprint density at radius 2 is 1.95 bits per heavy atom. The molecule has 1 fully saturated rings. The lowest BCUT2D eigenvalue weighted by Gasteiger charge is -2.48. The van der Waals surface area contributed by atoms with Crippen molar-refractivity contribution in [3.05, 3.63) is 58.1 Å². The van der Waals surface area contributed by atoms with Crippen LogP contribution in [0.5, 0.6) is 5.75 Å². The molecule has 1 heterocycles. The number of esters is 2. The minimum atomic E-state index is -0.592. The zero-order valence-electron chi connectivity index (χ0n) is 23.1. The average molecular weight is 540 g/mol. The Hall–Kier alpha value is -2.73. The molecule has 0 saturated heterocycles. The third kappa shape index (κ3) is 4.88. The van der Waals surface area contributed by atoms with Crippen LogP contribution >= 0.6 is 11.6 Å². The van der Waals surface area contributed by atoms with Gasteiger partial charge >= 0.3 is 11.9 Å². The molecule has 0 N–H and O–H groups in total. The van der Waals surface area contributed by atoms with Crippen molar-refractivity contribution >= 4 is 29.2 Å². The van der Waals surface area contributed by atoms with Crippen molar-refractivity contribution in [2.75, 3.05) is 31.7 Å². The van der Waals surface area contributed by atoms with Crippen LogP contribution in [-0.4, -0.2) is 44.3 Å². The van der Waals surface area contributed by atoms with Gasteiger partial charge in [-0.3, -0.25) is 4.79 Å². The largest absolute Gasteiger partial charge is 0.490 e. The summed E-state index contributed by atoms with van der Waals surface area (Å²) in [6.45, 7) is 9.53. The van der Waals surface area contributed by atoms with Gasteiger partial charge in [0.15, 0.2) is 0 Å². The van der Waals surface area contributed by atoms with Gasteiger partial charge in [-0.1, -0.05) is 17.7 Å².